The summed E-state index contributed by atoms with van der Waals surface area (Å²) in [6.07, 6.45) is 0.942. The van der Waals surface area contributed by atoms with Crippen molar-refractivity contribution in [3.05, 3.63) is 57.3 Å². The molecule has 0 aliphatic heterocycles. The maximum atomic E-state index is 14.1. The van der Waals surface area contributed by atoms with Gasteiger partial charge in [0.1, 0.15) is 0 Å². The average molecular weight is 281 g/mol. The van der Waals surface area contributed by atoms with E-state index in [1.54, 1.807) is 30.4 Å². The molecule has 4 heteroatoms. The molecule has 0 aliphatic rings. The summed E-state index contributed by atoms with van der Waals surface area (Å²) in [5, 5.41) is 5.22. The summed E-state index contributed by atoms with van der Waals surface area (Å²) in [5.74, 6) is -1.50. The summed E-state index contributed by atoms with van der Waals surface area (Å²) < 4.78 is 27.8. The molecule has 1 unspecified atom stereocenters. The molecule has 0 bridgehead atoms. The second kappa shape index (κ2) is 6.26. The number of rotatable bonds is 5. The van der Waals surface area contributed by atoms with Gasteiger partial charge in [0.15, 0.2) is 11.6 Å². The first-order valence-corrected chi connectivity index (χ1v) is 7.24. The number of halogens is 2. The SMILES string of the molecule is CCCNC(c1cccs1)c1ccc(C)c(F)c1F. The summed E-state index contributed by atoms with van der Waals surface area (Å²) in [5.41, 5.74) is 0.709. The third-order valence-electron chi connectivity index (χ3n) is 3.04. The fourth-order valence-electron chi connectivity index (χ4n) is 1.99. The quantitative estimate of drug-likeness (QED) is 0.855. The molecule has 1 N–H and O–H groups in total. The monoisotopic (exact) mass is 281 g/mol. The Morgan fingerprint density at radius 1 is 1.21 bits per heavy atom. The smallest absolute Gasteiger partial charge is 0.164 e. The van der Waals surface area contributed by atoms with E-state index in [1.165, 1.54) is 0 Å². The highest BCUT2D eigenvalue weighted by Gasteiger charge is 2.21. The van der Waals surface area contributed by atoms with E-state index in [-0.39, 0.29) is 6.04 Å². The van der Waals surface area contributed by atoms with E-state index < -0.39 is 11.6 Å². The zero-order valence-corrected chi connectivity index (χ0v) is 11.9. The molecule has 0 saturated carbocycles. The predicted octanol–water partition coefficient (Wildman–Crippen LogP) is 4.42. The fourth-order valence-corrected chi connectivity index (χ4v) is 2.81. The molecule has 1 aromatic heterocycles. The first-order chi connectivity index (χ1) is 9.15. The van der Waals surface area contributed by atoms with Crippen LogP contribution in [-0.2, 0) is 0 Å². The lowest BCUT2D eigenvalue weighted by molar-refractivity contribution is 0.477. The highest BCUT2D eigenvalue weighted by atomic mass is 32.1. The summed E-state index contributed by atoms with van der Waals surface area (Å²) in [4.78, 5) is 0.996. The molecule has 0 aliphatic carbocycles. The van der Waals surface area contributed by atoms with Crippen molar-refractivity contribution in [3.63, 3.8) is 0 Å². The Kier molecular flexibility index (Phi) is 4.66. The van der Waals surface area contributed by atoms with Crippen LogP contribution in [0.3, 0.4) is 0 Å². The highest BCUT2D eigenvalue weighted by Crippen LogP contribution is 2.29. The van der Waals surface area contributed by atoms with Crippen LogP contribution >= 0.6 is 11.3 Å². The minimum atomic E-state index is -0.752. The van der Waals surface area contributed by atoms with E-state index in [1.807, 2.05) is 24.4 Å². The number of hydrogen-bond acceptors (Lipinski definition) is 2. The maximum Gasteiger partial charge on any atom is 0.164 e. The Morgan fingerprint density at radius 3 is 2.63 bits per heavy atom. The van der Waals surface area contributed by atoms with Gasteiger partial charge in [-0.05, 0) is 36.9 Å². The van der Waals surface area contributed by atoms with Crippen LogP contribution in [0.5, 0.6) is 0 Å². The van der Waals surface area contributed by atoms with Gasteiger partial charge in [0.05, 0.1) is 6.04 Å². The molecule has 2 aromatic rings. The third kappa shape index (κ3) is 3.01. The lowest BCUT2D eigenvalue weighted by atomic mass is 10.0. The average Bonchev–Trinajstić information content (AvgIpc) is 2.92. The van der Waals surface area contributed by atoms with Gasteiger partial charge in [-0.25, -0.2) is 8.78 Å². The van der Waals surface area contributed by atoms with Crippen LogP contribution < -0.4 is 5.32 Å². The largest absolute Gasteiger partial charge is 0.306 e. The van der Waals surface area contributed by atoms with Gasteiger partial charge in [0.2, 0.25) is 0 Å². The van der Waals surface area contributed by atoms with Crippen molar-refractivity contribution >= 4 is 11.3 Å². The molecule has 2 rings (SSSR count). The van der Waals surface area contributed by atoms with Gasteiger partial charge in [-0.2, -0.15) is 0 Å². The molecule has 0 amide bonds. The maximum absolute atomic E-state index is 14.1. The molecule has 1 atom stereocenters. The van der Waals surface area contributed by atoms with Gasteiger partial charge in [-0.3, -0.25) is 0 Å². The molecule has 0 spiro atoms. The molecule has 1 aromatic carbocycles. The Morgan fingerprint density at radius 2 is 2.00 bits per heavy atom. The summed E-state index contributed by atoms with van der Waals surface area (Å²) in [6.45, 7) is 4.38. The number of benzene rings is 1. The number of nitrogens with one attached hydrogen (secondary N) is 1. The first kappa shape index (κ1) is 14.2. The van der Waals surface area contributed by atoms with Crippen LogP contribution in [0.4, 0.5) is 8.78 Å². The topological polar surface area (TPSA) is 12.0 Å². The van der Waals surface area contributed by atoms with Crippen LogP contribution in [0, 0.1) is 18.6 Å². The van der Waals surface area contributed by atoms with Gasteiger partial charge in [-0.15, -0.1) is 11.3 Å². The minimum Gasteiger partial charge on any atom is -0.306 e. The lowest BCUT2D eigenvalue weighted by Gasteiger charge is -2.19. The Labute approximate surface area is 116 Å². The van der Waals surface area contributed by atoms with E-state index >= 15 is 0 Å². The Bertz CT molecular complexity index is 537. The second-order valence-corrected chi connectivity index (χ2v) is 5.48. The molecular formula is C15H17F2NS. The minimum absolute atomic E-state index is 0.282. The van der Waals surface area contributed by atoms with Crippen LogP contribution in [-0.4, -0.2) is 6.54 Å². The lowest BCUT2D eigenvalue weighted by Crippen LogP contribution is -2.23. The number of thiophene rings is 1. The molecule has 1 nitrogen and oxygen atoms in total. The second-order valence-electron chi connectivity index (χ2n) is 4.50. The van der Waals surface area contributed by atoms with Gasteiger partial charge >= 0.3 is 0 Å². The predicted molar refractivity (Wildman–Crippen MR) is 75.6 cm³/mol. The number of aryl methyl sites for hydroxylation is 1. The van der Waals surface area contributed by atoms with E-state index in [2.05, 4.69) is 5.32 Å². The van der Waals surface area contributed by atoms with Crippen LogP contribution in [0.25, 0.3) is 0 Å². The van der Waals surface area contributed by atoms with E-state index in [4.69, 9.17) is 0 Å². The van der Waals surface area contributed by atoms with Crippen molar-refractivity contribution in [1.29, 1.82) is 0 Å². The third-order valence-corrected chi connectivity index (χ3v) is 3.98. The molecule has 1 heterocycles. The van der Waals surface area contributed by atoms with Crippen molar-refractivity contribution in [3.8, 4) is 0 Å². The Balaban J connectivity index is 2.41. The first-order valence-electron chi connectivity index (χ1n) is 6.36. The van der Waals surface area contributed by atoms with Crippen molar-refractivity contribution in [2.45, 2.75) is 26.3 Å². The van der Waals surface area contributed by atoms with Gasteiger partial charge in [0, 0.05) is 10.4 Å². The molecule has 19 heavy (non-hydrogen) atoms. The van der Waals surface area contributed by atoms with Crippen LogP contribution in [0.1, 0.15) is 35.4 Å². The zero-order valence-electron chi connectivity index (χ0n) is 11.0. The van der Waals surface area contributed by atoms with Crippen molar-refractivity contribution in [1.82, 2.24) is 5.32 Å². The standard InChI is InChI=1S/C15H17F2NS/c1-3-8-18-15(12-5-4-9-19-12)11-7-6-10(2)13(16)14(11)17/h4-7,9,15,18H,3,8H2,1-2H3. The van der Waals surface area contributed by atoms with E-state index in [0.717, 1.165) is 17.8 Å². The zero-order chi connectivity index (χ0) is 13.8. The molecule has 0 saturated heterocycles. The van der Waals surface area contributed by atoms with E-state index in [0.29, 0.717) is 11.1 Å². The van der Waals surface area contributed by atoms with Crippen molar-refractivity contribution < 1.29 is 8.78 Å². The van der Waals surface area contributed by atoms with Crippen molar-refractivity contribution in [2.24, 2.45) is 0 Å². The van der Waals surface area contributed by atoms with Crippen LogP contribution in [0.15, 0.2) is 29.6 Å². The summed E-state index contributed by atoms with van der Waals surface area (Å²) >= 11 is 1.54. The Hall–Kier alpha value is -1.26. The fraction of sp³-hybridized carbons (Fsp3) is 0.333. The van der Waals surface area contributed by atoms with Crippen molar-refractivity contribution in [2.75, 3.05) is 6.54 Å². The van der Waals surface area contributed by atoms with Gasteiger partial charge in [-0.1, -0.05) is 25.1 Å². The molecular weight excluding hydrogens is 264 g/mol. The summed E-state index contributed by atoms with van der Waals surface area (Å²) in [7, 11) is 0. The number of hydrogen-bond donors (Lipinski definition) is 1. The normalized spacial score (nSPS) is 12.6. The summed E-state index contributed by atoms with van der Waals surface area (Å²) in [6, 6.07) is 6.87. The van der Waals surface area contributed by atoms with Gasteiger partial charge < -0.3 is 5.32 Å². The van der Waals surface area contributed by atoms with Gasteiger partial charge in [0.25, 0.3) is 0 Å². The molecule has 0 radical (unpaired) electrons. The highest BCUT2D eigenvalue weighted by molar-refractivity contribution is 7.10. The van der Waals surface area contributed by atoms with E-state index in [9.17, 15) is 8.78 Å². The van der Waals surface area contributed by atoms with Crippen LogP contribution in [0.2, 0.25) is 0 Å². The molecule has 102 valence electrons. The molecule has 0 fully saturated rings.